The zero-order chi connectivity index (χ0) is 13.7. The highest BCUT2D eigenvalue weighted by Gasteiger charge is 2.19. The van der Waals surface area contributed by atoms with Crippen LogP contribution in [0.25, 0.3) is 0 Å². The lowest BCUT2D eigenvalue weighted by molar-refractivity contribution is 0.368. The summed E-state index contributed by atoms with van der Waals surface area (Å²) in [6.45, 7) is 8.01. The number of hydrogen-bond acceptors (Lipinski definition) is 1. The van der Waals surface area contributed by atoms with E-state index < -0.39 is 0 Å². The summed E-state index contributed by atoms with van der Waals surface area (Å²) in [6, 6.07) is 3.85. The van der Waals surface area contributed by atoms with E-state index in [0.717, 1.165) is 31.2 Å². The van der Waals surface area contributed by atoms with Crippen molar-refractivity contribution in [3.63, 3.8) is 0 Å². The average molecular weight is 251 g/mol. The lowest BCUT2D eigenvalue weighted by atomic mass is 9.85. The molecule has 0 fully saturated rings. The molecule has 1 nitrogen and oxygen atoms in total. The van der Waals surface area contributed by atoms with Crippen molar-refractivity contribution < 1.29 is 4.39 Å². The molecule has 1 atom stereocenters. The molecule has 0 saturated carbocycles. The third kappa shape index (κ3) is 3.55. The van der Waals surface area contributed by atoms with Gasteiger partial charge in [-0.25, -0.2) is 4.39 Å². The monoisotopic (exact) mass is 251 g/mol. The standard InChI is InChI=1S/C16H26FN/c1-5-7-13(8-6-2)16(18)14-9-11(3)15(17)12(4)10-14/h9-10,13,16H,5-8,18H2,1-4H3. The molecular formula is C16H26FN. The summed E-state index contributed by atoms with van der Waals surface area (Å²) in [5.74, 6) is 0.401. The van der Waals surface area contributed by atoms with Gasteiger partial charge in [-0.1, -0.05) is 38.8 Å². The van der Waals surface area contributed by atoms with Gasteiger partial charge in [0.25, 0.3) is 0 Å². The molecule has 0 saturated heterocycles. The molecule has 0 spiro atoms. The van der Waals surface area contributed by atoms with Gasteiger partial charge in [0.1, 0.15) is 5.82 Å². The molecule has 1 aromatic rings. The van der Waals surface area contributed by atoms with Gasteiger partial charge >= 0.3 is 0 Å². The molecule has 0 aromatic heterocycles. The van der Waals surface area contributed by atoms with E-state index >= 15 is 0 Å². The van der Waals surface area contributed by atoms with Gasteiger partial charge in [0.2, 0.25) is 0 Å². The van der Waals surface area contributed by atoms with Crippen molar-refractivity contribution >= 4 is 0 Å². The van der Waals surface area contributed by atoms with E-state index in [1.165, 1.54) is 0 Å². The van der Waals surface area contributed by atoms with Crippen molar-refractivity contribution in [2.45, 2.75) is 59.4 Å². The Kier molecular flexibility index (Phi) is 5.80. The van der Waals surface area contributed by atoms with E-state index in [-0.39, 0.29) is 11.9 Å². The number of rotatable bonds is 6. The number of aryl methyl sites for hydroxylation is 2. The summed E-state index contributed by atoms with van der Waals surface area (Å²) in [6.07, 6.45) is 4.59. The predicted molar refractivity (Wildman–Crippen MR) is 76.1 cm³/mol. The van der Waals surface area contributed by atoms with Crippen LogP contribution in [0.3, 0.4) is 0 Å². The Morgan fingerprint density at radius 2 is 1.50 bits per heavy atom. The number of nitrogens with two attached hydrogens (primary N) is 1. The third-order valence-electron chi connectivity index (χ3n) is 3.67. The second kappa shape index (κ2) is 6.89. The molecule has 0 aliphatic carbocycles. The van der Waals surface area contributed by atoms with Crippen molar-refractivity contribution in [3.05, 3.63) is 34.6 Å². The second-order valence-corrected chi connectivity index (χ2v) is 5.33. The van der Waals surface area contributed by atoms with Gasteiger partial charge in [-0.05, 0) is 49.3 Å². The predicted octanol–water partition coefficient (Wildman–Crippen LogP) is 4.66. The lowest BCUT2D eigenvalue weighted by Gasteiger charge is -2.24. The first kappa shape index (κ1) is 15.2. The SMILES string of the molecule is CCCC(CCC)C(N)c1cc(C)c(F)c(C)c1. The number of benzene rings is 1. The van der Waals surface area contributed by atoms with Gasteiger partial charge in [-0.15, -0.1) is 0 Å². The molecule has 0 bridgehead atoms. The molecular weight excluding hydrogens is 225 g/mol. The third-order valence-corrected chi connectivity index (χ3v) is 3.67. The van der Waals surface area contributed by atoms with E-state index in [9.17, 15) is 4.39 Å². The minimum Gasteiger partial charge on any atom is -0.324 e. The average Bonchev–Trinajstić information content (AvgIpc) is 2.34. The molecule has 2 heteroatoms. The van der Waals surface area contributed by atoms with Crippen LogP contribution in [0.4, 0.5) is 4.39 Å². The Labute approximate surface area is 111 Å². The maximum absolute atomic E-state index is 13.6. The van der Waals surface area contributed by atoms with E-state index in [4.69, 9.17) is 5.73 Å². The normalized spacial score (nSPS) is 13.1. The van der Waals surface area contributed by atoms with Gasteiger partial charge in [-0.2, -0.15) is 0 Å². The second-order valence-electron chi connectivity index (χ2n) is 5.33. The van der Waals surface area contributed by atoms with Crippen LogP contribution in [0.5, 0.6) is 0 Å². The molecule has 0 heterocycles. The largest absolute Gasteiger partial charge is 0.324 e. The van der Waals surface area contributed by atoms with Gasteiger partial charge in [0.15, 0.2) is 0 Å². The maximum atomic E-state index is 13.6. The van der Waals surface area contributed by atoms with Crippen LogP contribution in [0, 0.1) is 25.6 Å². The highest BCUT2D eigenvalue weighted by molar-refractivity contribution is 5.32. The highest BCUT2D eigenvalue weighted by atomic mass is 19.1. The zero-order valence-corrected chi connectivity index (χ0v) is 12.1. The molecule has 0 radical (unpaired) electrons. The highest BCUT2D eigenvalue weighted by Crippen LogP contribution is 2.29. The van der Waals surface area contributed by atoms with Crippen LogP contribution in [0.2, 0.25) is 0 Å². The summed E-state index contributed by atoms with van der Waals surface area (Å²) in [5.41, 5.74) is 8.86. The smallest absolute Gasteiger partial charge is 0.129 e. The fourth-order valence-electron chi connectivity index (χ4n) is 2.69. The summed E-state index contributed by atoms with van der Waals surface area (Å²) in [5, 5.41) is 0. The molecule has 2 N–H and O–H groups in total. The van der Waals surface area contributed by atoms with E-state index in [1.807, 2.05) is 26.0 Å². The first-order valence-electron chi connectivity index (χ1n) is 7.03. The molecule has 102 valence electrons. The van der Waals surface area contributed by atoms with Crippen molar-refractivity contribution in [1.82, 2.24) is 0 Å². The van der Waals surface area contributed by atoms with Crippen molar-refractivity contribution in [1.29, 1.82) is 0 Å². The van der Waals surface area contributed by atoms with Crippen LogP contribution in [-0.2, 0) is 0 Å². The molecule has 1 aromatic carbocycles. The van der Waals surface area contributed by atoms with E-state index in [1.54, 1.807) is 0 Å². The minimum atomic E-state index is -0.103. The van der Waals surface area contributed by atoms with Gasteiger partial charge in [0, 0.05) is 6.04 Å². The zero-order valence-electron chi connectivity index (χ0n) is 12.1. The molecule has 18 heavy (non-hydrogen) atoms. The summed E-state index contributed by atoms with van der Waals surface area (Å²) >= 11 is 0. The first-order chi connectivity index (χ1) is 8.51. The molecule has 1 unspecified atom stereocenters. The molecule has 1 rings (SSSR count). The Bertz CT molecular complexity index is 358. The Hall–Kier alpha value is -0.890. The summed E-state index contributed by atoms with van der Waals surface area (Å²) < 4.78 is 13.6. The molecule has 0 aliphatic heterocycles. The van der Waals surface area contributed by atoms with E-state index in [2.05, 4.69) is 13.8 Å². The fraction of sp³-hybridized carbons (Fsp3) is 0.625. The summed E-state index contributed by atoms with van der Waals surface area (Å²) in [7, 11) is 0. The van der Waals surface area contributed by atoms with Crippen LogP contribution in [0.15, 0.2) is 12.1 Å². The van der Waals surface area contributed by atoms with Crippen molar-refractivity contribution in [3.8, 4) is 0 Å². The lowest BCUT2D eigenvalue weighted by Crippen LogP contribution is -2.22. The van der Waals surface area contributed by atoms with Crippen LogP contribution < -0.4 is 5.73 Å². The van der Waals surface area contributed by atoms with E-state index in [0.29, 0.717) is 17.0 Å². The van der Waals surface area contributed by atoms with Gasteiger partial charge in [-0.3, -0.25) is 0 Å². The van der Waals surface area contributed by atoms with Crippen molar-refractivity contribution in [2.75, 3.05) is 0 Å². The Morgan fingerprint density at radius 1 is 1.06 bits per heavy atom. The Morgan fingerprint density at radius 3 is 1.89 bits per heavy atom. The number of hydrogen-bond donors (Lipinski definition) is 1. The maximum Gasteiger partial charge on any atom is 0.129 e. The summed E-state index contributed by atoms with van der Waals surface area (Å²) in [4.78, 5) is 0. The molecule has 0 amide bonds. The Balaban J connectivity index is 2.97. The number of halogens is 1. The van der Waals surface area contributed by atoms with Gasteiger partial charge in [0.05, 0.1) is 0 Å². The van der Waals surface area contributed by atoms with Crippen LogP contribution >= 0.6 is 0 Å². The van der Waals surface area contributed by atoms with Crippen molar-refractivity contribution in [2.24, 2.45) is 11.7 Å². The molecule has 0 aliphatic rings. The quantitative estimate of drug-likeness (QED) is 0.782. The van der Waals surface area contributed by atoms with Crippen LogP contribution in [0.1, 0.15) is 62.3 Å². The first-order valence-corrected chi connectivity index (χ1v) is 7.03. The fourth-order valence-corrected chi connectivity index (χ4v) is 2.69. The minimum absolute atomic E-state index is 0.0305. The topological polar surface area (TPSA) is 26.0 Å². The van der Waals surface area contributed by atoms with Crippen LogP contribution in [-0.4, -0.2) is 0 Å². The van der Waals surface area contributed by atoms with Gasteiger partial charge < -0.3 is 5.73 Å².